The lowest BCUT2D eigenvalue weighted by atomic mass is 10.00. The molecule has 1 saturated heterocycles. The molecule has 2 heteroatoms. The van der Waals surface area contributed by atoms with Crippen molar-refractivity contribution in [3.63, 3.8) is 0 Å². The van der Waals surface area contributed by atoms with Gasteiger partial charge in [0.25, 0.3) is 0 Å². The second kappa shape index (κ2) is 7.29. The first kappa shape index (κ1) is 14.0. The molecule has 2 nitrogen and oxygen atoms in total. The van der Waals surface area contributed by atoms with Gasteiger partial charge in [-0.3, -0.25) is 4.90 Å². The summed E-state index contributed by atoms with van der Waals surface area (Å²) in [5, 5.41) is 0. The predicted molar refractivity (Wildman–Crippen MR) is 69.8 cm³/mol. The van der Waals surface area contributed by atoms with Gasteiger partial charge in [0, 0.05) is 13.1 Å². The van der Waals surface area contributed by atoms with E-state index in [0.29, 0.717) is 12.2 Å². The molecule has 96 valence electrons. The Hall–Kier alpha value is -0.0800. The first-order chi connectivity index (χ1) is 7.61. The third kappa shape index (κ3) is 5.31. The van der Waals surface area contributed by atoms with Crippen molar-refractivity contribution < 1.29 is 4.74 Å². The monoisotopic (exact) mass is 227 g/mol. The smallest absolute Gasteiger partial charge is 0.0678 e. The highest BCUT2D eigenvalue weighted by atomic mass is 16.5. The second-order valence-corrected chi connectivity index (χ2v) is 5.55. The van der Waals surface area contributed by atoms with E-state index in [0.717, 1.165) is 19.0 Å². The van der Waals surface area contributed by atoms with Crippen LogP contribution in [0.4, 0.5) is 0 Å². The summed E-state index contributed by atoms with van der Waals surface area (Å²) in [5.74, 6) is 0.904. The average molecular weight is 227 g/mol. The number of rotatable bonds is 6. The molecule has 1 fully saturated rings. The lowest BCUT2D eigenvalue weighted by Crippen LogP contribution is -2.45. The van der Waals surface area contributed by atoms with Crippen LogP contribution in [0.25, 0.3) is 0 Å². The molecule has 0 radical (unpaired) electrons. The SMILES string of the molecule is CCCC(C)CCCN1C[C@@H](C)O[C@@H](C)C1. The largest absolute Gasteiger partial charge is 0.373 e. The van der Waals surface area contributed by atoms with E-state index >= 15 is 0 Å². The van der Waals surface area contributed by atoms with E-state index in [1.54, 1.807) is 0 Å². The zero-order valence-corrected chi connectivity index (χ0v) is 11.5. The Morgan fingerprint density at radius 1 is 1.19 bits per heavy atom. The fourth-order valence-electron chi connectivity index (χ4n) is 2.77. The maximum absolute atomic E-state index is 5.74. The normalized spacial score (nSPS) is 29.2. The molecule has 1 rings (SSSR count). The van der Waals surface area contributed by atoms with Gasteiger partial charge >= 0.3 is 0 Å². The highest BCUT2D eigenvalue weighted by Crippen LogP contribution is 2.15. The molecule has 1 aliphatic heterocycles. The van der Waals surface area contributed by atoms with Gasteiger partial charge < -0.3 is 4.74 Å². The van der Waals surface area contributed by atoms with E-state index in [2.05, 4.69) is 32.6 Å². The summed E-state index contributed by atoms with van der Waals surface area (Å²) in [6.07, 6.45) is 6.27. The summed E-state index contributed by atoms with van der Waals surface area (Å²) < 4.78 is 5.74. The summed E-state index contributed by atoms with van der Waals surface area (Å²) in [4.78, 5) is 2.57. The van der Waals surface area contributed by atoms with E-state index in [4.69, 9.17) is 4.74 Å². The van der Waals surface area contributed by atoms with E-state index < -0.39 is 0 Å². The van der Waals surface area contributed by atoms with Gasteiger partial charge in [-0.15, -0.1) is 0 Å². The summed E-state index contributed by atoms with van der Waals surface area (Å²) in [6.45, 7) is 12.5. The molecule has 0 aromatic carbocycles. The van der Waals surface area contributed by atoms with Crippen LogP contribution in [0.15, 0.2) is 0 Å². The molecule has 0 aromatic heterocycles. The quantitative estimate of drug-likeness (QED) is 0.690. The first-order valence-electron chi connectivity index (χ1n) is 6.99. The van der Waals surface area contributed by atoms with Crippen molar-refractivity contribution in [3.05, 3.63) is 0 Å². The highest BCUT2D eigenvalue weighted by molar-refractivity contribution is 4.73. The topological polar surface area (TPSA) is 12.5 Å². The van der Waals surface area contributed by atoms with Crippen LogP contribution in [0.5, 0.6) is 0 Å². The van der Waals surface area contributed by atoms with Crippen molar-refractivity contribution in [1.29, 1.82) is 0 Å². The van der Waals surface area contributed by atoms with Gasteiger partial charge in [-0.05, 0) is 39.2 Å². The van der Waals surface area contributed by atoms with Crippen LogP contribution in [0.2, 0.25) is 0 Å². The number of morpholine rings is 1. The minimum absolute atomic E-state index is 0.414. The fourth-order valence-corrected chi connectivity index (χ4v) is 2.77. The maximum atomic E-state index is 5.74. The summed E-state index contributed by atoms with van der Waals surface area (Å²) in [5.41, 5.74) is 0. The molecule has 0 aliphatic carbocycles. The zero-order valence-electron chi connectivity index (χ0n) is 11.5. The lowest BCUT2D eigenvalue weighted by molar-refractivity contribution is -0.0683. The zero-order chi connectivity index (χ0) is 12.0. The lowest BCUT2D eigenvalue weighted by Gasteiger charge is -2.35. The minimum atomic E-state index is 0.414. The minimum Gasteiger partial charge on any atom is -0.373 e. The summed E-state index contributed by atoms with van der Waals surface area (Å²) in [7, 11) is 0. The fraction of sp³-hybridized carbons (Fsp3) is 1.00. The average Bonchev–Trinajstić information content (AvgIpc) is 2.16. The van der Waals surface area contributed by atoms with E-state index in [1.807, 2.05) is 0 Å². The van der Waals surface area contributed by atoms with Crippen molar-refractivity contribution in [2.45, 2.75) is 65.6 Å². The van der Waals surface area contributed by atoms with E-state index in [1.165, 1.54) is 32.2 Å². The van der Waals surface area contributed by atoms with Gasteiger partial charge in [0.05, 0.1) is 12.2 Å². The molecule has 0 amide bonds. The van der Waals surface area contributed by atoms with Gasteiger partial charge in [-0.25, -0.2) is 0 Å². The van der Waals surface area contributed by atoms with Crippen molar-refractivity contribution in [2.75, 3.05) is 19.6 Å². The van der Waals surface area contributed by atoms with Crippen LogP contribution in [0.3, 0.4) is 0 Å². The number of hydrogen-bond acceptors (Lipinski definition) is 2. The van der Waals surface area contributed by atoms with Gasteiger partial charge in [-0.2, -0.15) is 0 Å². The van der Waals surface area contributed by atoms with Crippen LogP contribution in [0, 0.1) is 5.92 Å². The molecule has 1 aliphatic rings. The van der Waals surface area contributed by atoms with Crippen LogP contribution in [-0.4, -0.2) is 36.7 Å². The van der Waals surface area contributed by atoms with Crippen LogP contribution in [0.1, 0.15) is 53.4 Å². The Morgan fingerprint density at radius 3 is 2.38 bits per heavy atom. The standard InChI is InChI=1S/C14H29NO/c1-5-7-12(2)8-6-9-15-10-13(3)16-14(4)11-15/h12-14H,5-11H2,1-4H3/t12?,13-,14+. The maximum Gasteiger partial charge on any atom is 0.0678 e. The van der Waals surface area contributed by atoms with Gasteiger partial charge in [-0.1, -0.05) is 26.7 Å². The molecule has 0 aromatic rings. The predicted octanol–water partition coefficient (Wildman–Crippen LogP) is 3.31. The Balaban J connectivity index is 2.12. The Bertz CT molecular complexity index is 174. The highest BCUT2D eigenvalue weighted by Gasteiger charge is 2.21. The molecule has 0 N–H and O–H groups in total. The molecular formula is C14H29NO. The van der Waals surface area contributed by atoms with Gasteiger partial charge in [0.1, 0.15) is 0 Å². The van der Waals surface area contributed by atoms with Crippen molar-refractivity contribution in [1.82, 2.24) is 4.90 Å². The van der Waals surface area contributed by atoms with Crippen molar-refractivity contribution in [2.24, 2.45) is 5.92 Å². The molecular weight excluding hydrogens is 198 g/mol. The Labute approximate surface area is 101 Å². The summed E-state index contributed by atoms with van der Waals surface area (Å²) in [6, 6.07) is 0. The Morgan fingerprint density at radius 2 is 1.81 bits per heavy atom. The van der Waals surface area contributed by atoms with Gasteiger partial charge in [0.2, 0.25) is 0 Å². The third-order valence-electron chi connectivity index (χ3n) is 3.45. The van der Waals surface area contributed by atoms with E-state index in [-0.39, 0.29) is 0 Å². The molecule has 0 saturated carbocycles. The van der Waals surface area contributed by atoms with Crippen molar-refractivity contribution >= 4 is 0 Å². The number of nitrogens with zero attached hydrogens (tertiary/aromatic N) is 1. The van der Waals surface area contributed by atoms with E-state index in [9.17, 15) is 0 Å². The summed E-state index contributed by atoms with van der Waals surface area (Å²) >= 11 is 0. The number of hydrogen-bond donors (Lipinski definition) is 0. The molecule has 1 unspecified atom stereocenters. The van der Waals surface area contributed by atoms with Gasteiger partial charge in [0.15, 0.2) is 0 Å². The number of ether oxygens (including phenoxy) is 1. The molecule has 1 heterocycles. The molecule has 0 spiro atoms. The van der Waals surface area contributed by atoms with Crippen molar-refractivity contribution in [3.8, 4) is 0 Å². The van der Waals surface area contributed by atoms with Crippen LogP contribution < -0.4 is 0 Å². The Kier molecular flexibility index (Phi) is 6.37. The molecule has 0 bridgehead atoms. The van der Waals surface area contributed by atoms with Crippen LogP contribution in [-0.2, 0) is 4.74 Å². The second-order valence-electron chi connectivity index (χ2n) is 5.55. The molecule has 16 heavy (non-hydrogen) atoms. The molecule has 3 atom stereocenters. The third-order valence-corrected chi connectivity index (χ3v) is 3.45. The van der Waals surface area contributed by atoms with Crippen LogP contribution >= 0.6 is 0 Å². The first-order valence-corrected chi connectivity index (χ1v) is 6.99.